The lowest BCUT2D eigenvalue weighted by Crippen LogP contribution is -2.41. The zero-order chi connectivity index (χ0) is 17.8. The number of hydrogen-bond donors (Lipinski definition) is 2. The molecule has 0 saturated carbocycles. The maximum absolute atomic E-state index is 12.6. The number of anilines is 1. The molecule has 124 valence electrons. The highest BCUT2D eigenvalue weighted by atomic mass is 16.5. The molecule has 3 rings (SSSR count). The van der Waals surface area contributed by atoms with Gasteiger partial charge in [0.2, 0.25) is 5.69 Å². The minimum atomic E-state index is -0.871. The van der Waals surface area contributed by atoms with Crippen molar-refractivity contribution in [1.29, 1.82) is 0 Å². The predicted molar refractivity (Wildman–Crippen MR) is 93.8 cm³/mol. The standard InChI is InChI=1S/C19H15N3O3/c20-18(23)17-15(13-7-3-1-4-8-13)11-12-16(22(17)25)21-19(24)14-9-5-2-6-10-14/h1-12H,(H2,20,23)(H,21,24). The van der Waals surface area contributed by atoms with Crippen molar-refractivity contribution in [3.8, 4) is 11.1 Å². The molecule has 0 unspecified atom stereocenters. The number of benzene rings is 2. The van der Waals surface area contributed by atoms with Gasteiger partial charge in [-0.2, -0.15) is 0 Å². The van der Waals surface area contributed by atoms with Crippen LogP contribution in [-0.2, 0) is 0 Å². The maximum atomic E-state index is 12.6. The molecule has 1 aromatic heterocycles. The molecule has 2 amide bonds. The summed E-state index contributed by atoms with van der Waals surface area (Å²) >= 11 is 0. The molecule has 0 spiro atoms. The van der Waals surface area contributed by atoms with Crippen LogP contribution >= 0.6 is 0 Å². The Bertz CT molecular complexity index is 925. The molecule has 2 aromatic carbocycles. The van der Waals surface area contributed by atoms with E-state index in [-0.39, 0.29) is 11.5 Å². The largest absolute Gasteiger partial charge is 0.710 e. The fourth-order valence-corrected chi connectivity index (χ4v) is 2.49. The molecule has 0 fully saturated rings. The van der Waals surface area contributed by atoms with E-state index in [0.29, 0.717) is 21.4 Å². The Kier molecular flexibility index (Phi) is 4.43. The Balaban J connectivity index is 2.01. The normalized spacial score (nSPS) is 10.2. The van der Waals surface area contributed by atoms with Gasteiger partial charge in [0.05, 0.1) is 5.56 Å². The molecular weight excluding hydrogens is 318 g/mol. The van der Waals surface area contributed by atoms with E-state index in [1.54, 1.807) is 60.7 Å². The summed E-state index contributed by atoms with van der Waals surface area (Å²) in [7, 11) is 0. The maximum Gasteiger partial charge on any atom is 0.339 e. The number of carbonyl (C=O) groups excluding carboxylic acids is 2. The molecule has 0 aliphatic heterocycles. The second-order valence-electron chi connectivity index (χ2n) is 5.33. The number of hydrogen-bond acceptors (Lipinski definition) is 3. The van der Waals surface area contributed by atoms with Crippen LogP contribution in [0.5, 0.6) is 0 Å². The van der Waals surface area contributed by atoms with Gasteiger partial charge in [0.25, 0.3) is 11.7 Å². The van der Waals surface area contributed by atoms with Gasteiger partial charge in [-0.1, -0.05) is 48.5 Å². The predicted octanol–water partition coefficient (Wildman–Crippen LogP) is 2.34. The molecule has 0 bridgehead atoms. The second kappa shape index (κ2) is 6.84. The van der Waals surface area contributed by atoms with Crippen LogP contribution in [0, 0.1) is 5.21 Å². The van der Waals surface area contributed by atoms with Crippen LogP contribution in [0.15, 0.2) is 72.8 Å². The van der Waals surface area contributed by atoms with Gasteiger partial charge >= 0.3 is 5.91 Å². The number of nitrogens with one attached hydrogen (secondary N) is 1. The van der Waals surface area contributed by atoms with Crippen LogP contribution in [0.1, 0.15) is 20.8 Å². The molecular formula is C19H15N3O3. The minimum Gasteiger partial charge on any atom is -0.710 e. The number of amides is 2. The molecule has 6 nitrogen and oxygen atoms in total. The van der Waals surface area contributed by atoms with Crippen molar-refractivity contribution in [2.24, 2.45) is 5.73 Å². The van der Waals surface area contributed by atoms with Crippen LogP contribution in [0.2, 0.25) is 0 Å². The smallest absolute Gasteiger partial charge is 0.339 e. The lowest BCUT2D eigenvalue weighted by atomic mass is 10.0. The topological polar surface area (TPSA) is 99.1 Å². The van der Waals surface area contributed by atoms with Crippen molar-refractivity contribution < 1.29 is 14.3 Å². The molecule has 6 heteroatoms. The Hall–Kier alpha value is -3.67. The Morgan fingerprint density at radius 1 is 0.880 bits per heavy atom. The van der Waals surface area contributed by atoms with Crippen molar-refractivity contribution >= 4 is 17.6 Å². The highest BCUT2D eigenvalue weighted by Gasteiger charge is 2.22. The van der Waals surface area contributed by atoms with E-state index in [0.717, 1.165) is 0 Å². The molecule has 0 atom stereocenters. The van der Waals surface area contributed by atoms with Gasteiger partial charge in [0.15, 0.2) is 0 Å². The first-order valence-corrected chi connectivity index (χ1v) is 7.56. The van der Waals surface area contributed by atoms with E-state index >= 15 is 0 Å². The highest BCUT2D eigenvalue weighted by molar-refractivity contribution is 6.04. The summed E-state index contributed by atoms with van der Waals surface area (Å²) in [5.74, 6) is -1.39. The fraction of sp³-hybridized carbons (Fsp3) is 0. The van der Waals surface area contributed by atoms with Gasteiger partial charge < -0.3 is 10.9 Å². The molecule has 1 heterocycles. The number of nitrogens with two attached hydrogens (primary N) is 1. The van der Waals surface area contributed by atoms with E-state index in [9.17, 15) is 14.8 Å². The Morgan fingerprint density at radius 3 is 2.08 bits per heavy atom. The van der Waals surface area contributed by atoms with Crippen molar-refractivity contribution in [2.45, 2.75) is 0 Å². The number of pyridine rings is 1. The van der Waals surface area contributed by atoms with E-state index in [2.05, 4.69) is 5.32 Å². The number of rotatable bonds is 4. The van der Waals surface area contributed by atoms with E-state index < -0.39 is 11.8 Å². The van der Waals surface area contributed by atoms with Crippen molar-refractivity contribution in [1.82, 2.24) is 0 Å². The van der Waals surface area contributed by atoms with Crippen LogP contribution in [0.4, 0.5) is 5.82 Å². The molecule has 0 aliphatic rings. The SMILES string of the molecule is NC(=O)c1c(-c2ccccc2)ccc(NC(=O)c2ccccc2)[n+]1[O-]. The van der Waals surface area contributed by atoms with Crippen LogP contribution in [0.25, 0.3) is 11.1 Å². The summed E-state index contributed by atoms with van der Waals surface area (Å²) in [5, 5.41) is 15.1. The third-order valence-electron chi connectivity index (χ3n) is 3.68. The van der Waals surface area contributed by atoms with Gasteiger partial charge in [0, 0.05) is 11.6 Å². The highest BCUT2D eigenvalue weighted by Crippen LogP contribution is 2.22. The third kappa shape index (κ3) is 3.32. The zero-order valence-electron chi connectivity index (χ0n) is 13.2. The van der Waals surface area contributed by atoms with Gasteiger partial charge in [-0.15, -0.1) is 0 Å². The van der Waals surface area contributed by atoms with Crippen molar-refractivity contribution in [3.05, 3.63) is 89.3 Å². The van der Waals surface area contributed by atoms with Crippen molar-refractivity contribution in [2.75, 3.05) is 5.32 Å². The second-order valence-corrected chi connectivity index (χ2v) is 5.33. The minimum absolute atomic E-state index is 0.0673. The van der Waals surface area contributed by atoms with Crippen LogP contribution in [0.3, 0.4) is 0 Å². The first kappa shape index (κ1) is 16.2. The molecule has 25 heavy (non-hydrogen) atoms. The average Bonchev–Trinajstić information content (AvgIpc) is 2.64. The average molecular weight is 333 g/mol. The molecule has 0 saturated heterocycles. The summed E-state index contributed by atoms with van der Waals surface area (Å²) in [6.07, 6.45) is 0. The molecule has 3 aromatic rings. The van der Waals surface area contributed by atoms with E-state index in [1.807, 2.05) is 6.07 Å². The summed E-state index contributed by atoms with van der Waals surface area (Å²) in [4.78, 5) is 24.0. The Labute approximate surface area is 144 Å². The van der Waals surface area contributed by atoms with Gasteiger partial charge in [-0.05, 0) is 23.8 Å². The van der Waals surface area contributed by atoms with Gasteiger partial charge in [-0.3, -0.25) is 4.79 Å². The van der Waals surface area contributed by atoms with Gasteiger partial charge in [-0.25, -0.2) is 14.8 Å². The zero-order valence-corrected chi connectivity index (χ0v) is 13.2. The van der Waals surface area contributed by atoms with E-state index in [4.69, 9.17) is 5.73 Å². The number of primary amides is 1. The Morgan fingerprint density at radius 2 is 1.48 bits per heavy atom. The number of aromatic nitrogens is 1. The molecule has 0 radical (unpaired) electrons. The monoisotopic (exact) mass is 333 g/mol. The number of carbonyl (C=O) groups is 2. The molecule has 0 aliphatic carbocycles. The fourth-order valence-electron chi connectivity index (χ4n) is 2.49. The first-order valence-electron chi connectivity index (χ1n) is 7.56. The lowest BCUT2D eigenvalue weighted by molar-refractivity contribution is -0.591. The summed E-state index contributed by atoms with van der Waals surface area (Å²) in [5.41, 5.74) is 6.65. The van der Waals surface area contributed by atoms with Crippen LogP contribution < -0.4 is 15.8 Å². The summed E-state index contributed by atoms with van der Waals surface area (Å²) in [6.45, 7) is 0. The molecule has 3 N–H and O–H groups in total. The summed E-state index contributed by atoms with van der Waals surface area (Å²) in [6, 6.07) is 20.4. The van der Waals surface area contributed by atoms with Crippen molar-refractivity contribution in [3.63, 3.8) is 0 Å². The first-order chi connectivity index (χ1) is 12.1. The quantitative estimate of drug-likeness (QED) is 0.566. The van der Waals surface area contributed by atoms with E-state index in [1.165, 1.54) is 6.07 Å². The number of nitrogens with zero attached hydrogens (tertiary/aromatic N) is 1. The summed E-state index contributed by atoms with van der Waals surface area (Å²) < 4.78 is 0.353. The lowest BCUT2D eigenvalue weighted by Gasteiger charge is -2.15. The van der Waals surface area contributed by atoms with Gasteiger partial charge in [0.1, 0.15) is 0 Å². The van der Waals surface area contributed by atoms with Crippen LogP contribution in [-0.4, -0.2) is 11.8 Å². The third-order valence-corrected chi connectivity index (χ3v) is 3.68.